The number of nitrogens with zero attached hydrogens (tertiary/aromatic N) is 3. The second-order valence-electron chi connectivity index (χ2n) is 6.25. The highest BCUT2D eigenvalue weighted by Gasteiger charge is 2.32. The van der Waals surface area contributed by atoms with Crippen molar-refractivity contribution in [1.29, 1.82) is 0 Å². The molecule has 0 aromatic heterocycles. The quantitative estimate of drug-likeness (QED) is 0.443. The first-order valence-corrected chi connectivity index (χ1v) is 8.94. The highest BCUT2D eigenvalue weighted by Crippen LogP contribution is 2.30. The number of rotatable bonds is 5. The first kappa shape index (κ1) is 19.1. The van der Waals surface area contributed by atoms with Crippen LogP contribution < -0.4 is 4.90 Å². The number of carbonyl (C=O) groups excluding carboxylic acids is 1. The van der Waals surface area contributed by atoms with Crippen LogP contribution in [0.5, 0.6) is 0 Å². The van der Waals surface area contributed by atoms with Gasteiger partial charge in [0.2, 0.25) is 0 Å². The van der Waals surface area contributed by atoms with Gasteiger partial charge in [0.1, 0.15) is 6.04 Å². The van der Waals surface area contributed by atoms with Crippen LogP contribution in [-0.4, -0.2) is 49.1 Å². The van der Waals surface area contributed by atoms with E-state index in [0.717, 1.165) is 11.3 Å². The number of nitro benzene ring substituents is 1. The monoisotopic (exact) mass is 389 g/mol. The number of halogens is 1. The second-order valence-corrected chi connectivity index (χ2v) is 6.65. The van der Waals surface area contributed by atoms with Crippen LogP contribution in [0.2, 0.25) is 5.02 Å². The van der Waals surface area contributed by atoms with Crippen molar-refractivity contribution in [3.05, 3.63) is 69.2 Å². The summed E-state index contributed by atoms with van der Waals surface area (Å²) in [6.07, 6.45) is 0. The number of non-ortho nitro benzene ring substituents is 1. The molecule has 1 unspecified atom stereocenters. The molecule has 1 fully saturated rings. The lowest BCUT2D eigenvalue weighted by Crippen LogP contribution is -2.49. The minimum absolute atomic E-state index is 0.0680. The Bertz CT molecular complexity index is 837. The highest BCUT2D eigenvalue weighted by molar-refractivity contribution is 6.31. The average Bonchev–Trinajstić information content (AvgIpc) is 2.70. The molecule has 7 nitrogen and oxygen atoms in total. The minimum atomic E-state index is -0.573. The maximum absolute atomic E-state index is 12.4. The average molecular weight is 390 g/mol. The molecule has 1 saturated heterocycles. The lowest BCUT2D eigenvalue weighted by Gasteiger charge is -2.39. The van der Waals surface area contributed by atoms with Crippen molar-refractivity contribution in [2.24, 2.45) is 0 Å². The Labute approximate surface area is 162 Å². The molecule has 0 saturated carbocycles. The van der Waals surface area contributed by atoms with Crippen molar-refractivity contribution >= 4 is 28.9 Å². The summed E-state index contributed by atoms with van der Waals surface area (Å²) in [4.78, 5) is 27.1. The van der Waals surface area contributed by atoms with E-state index in [-0.39, 0.29) is 11.7 Å². The first-order chi connectivity index (χ1) is 13.0. The summed E-state index contributed by atoms with van der Waals surface area (Å²) >= 11 is 6.30. The SMILES string of the molecule is COC(=O)C(c1ccccc1Cl)N1CCN(c2cccc([N+](=O)[O-])c2)CC1. The lowest BCUT2D eigenvalue weighted by atomic mass is 10.0. The van der Waals surface area contributed by atoms with Gasteiger partial charge in [-0.1, -0.05) is 35.9 Å². The third-order valence-corrected chi connectivity index (χ3v) is 5.05. The number of esters is 1. The maximum atomic E-state index is 12.4. The van der Waals surface area contributed by atoms with Crippen molar-refractivity contribution in [2.75, 3.05) is 38.2 Å². The summed E-state index contributed by atoms with van der Waals surface area (Å²) in [6.45, 7) is 2.49. The summed E-state index contributed by atoms with van der Waals surface area (Å²) in [5.74, 6) is -0.355. The number of ether oxygens (including phenoxy) is 1. The van der Waals surface area contributed by atoms with Gasteiger partial charge in [0.25, 0.3) is 5.69 Å². The number of hydrogen-bond donors (Lipinski definition) is 0. The van der Waals surface area contributed by atoms with Crippen LogP contribution in [0.15, 0.2) is 48.5 Å². The van der Waals surface area contributed by atoms with Crippen molar-refractivity contribution in [1.82, 2.24) is 4.90 Å². The van der Waals surface area contributed by atoms with Crippen LogP contribution in [0.4, 0.5) is 11.4 Å². The number of hydrogen-bond acceptors (Lipinski definition) is 6. The Hall–Kier alpha value is -2.64. The summed E-state index contributed by atoms with van der Waals surface area (Å²) in [6, 6.07) is 13.3. The standard InChI is InChI=1S/C19H20ClN3O4/c1-27-19(24)18(16-7-2-3-8-17(16)20)22-11-9-21(10-12-22)14-5-4-6-15(13-14)23(25)26/h2-8,13,18H,9-12H2,1H3. The van der Waals surface area contributed by atoms with Gasteiger partial charge in [-0.05, 0) is 17.7 Å². The topological polar surface area (TPSA) is 75.9 Å². The number of methoxy groups -OCH3 is 1. The molecule has 27 heavy (non-hydrogen) atoms. The molecule has 0 spiro atoms. The predicted molar refractivity (Wildman–Crippen MR) is 103 cm³/mol. The highest BCUT2D eigenvalue weighted by atomic mass is 35.5. The molecule has 0 N–H and O–H groups in total. The van der Waals surface area contributed by atoms with E-state index in [1.54, 1.807) is 18.2 Å². The Morgan fingerprint density at radius 3 is 2.48 bits per heavy atom. The van der Waals surface area contributed by atoms with Crippen LogP contribution in [0.25, 0.3) is 0 Å². The molecular weight excluding hydrogens is 370 g/mol. The first-order valence-electron chi connectivity index (χ1n) is 8.57. The van der Waals surface area contributed by atoms with E-state index in [4.69, 9.17) is 16.3 Å². The second kappa shape index (κ2) is 8.37. The summed E-state index contributed by atoms with van der Waals surface area (Å²) < 4.78 is 5.00. The van der Waals surface area contributed by atoms with Crippen molar-refractivity contribution in [3.63, 3.8) is 0 Å². The van der Waals surface area contributed by atoms with Crippen LogP contribution in [0, 0.1) is 10.1 Å². The molecule has 8 heteroatoms. The summed E-state index contributed by atoms with van der Waals surface area (Å²) in [5.41, 5.74) is 1.59. The number of anilines is 1. The lowest BCUT2D eigenvalue weighted by molar-refractivity contribution is -0.384. The molecular formula is C19H20ClN3O4. The van der Waals surface area contributed by atoms with E-state index in [1.165, 1.54) is 13.2 Å². The largest absolute Gasteiger partial charge is 0.468 e. The number of piperazine rings is 1. The molecule has 142 valence electrons. The van der Waals surface area contributed by atoms with E-state index in [2.05, 4.69) is 4.90 Å². The Morgan fingerprint density at radius 2 is 1.85 bits per heavy atom. The van der Waals surface area contributed by atoms with Crippen LogP contribution in [-0.2, 0) is 9.53 Å². The van der Waals surface area contributed by atoms with Crippen molar-refractivity contribution in [3.8, 4) is 0 Å². The molecule has 1 aliphatic rings. The van der Waals surface area contributed by atoms with Gasteiger partial charge >= 0.3 is 5.97 Å². The Morgan fingerprint density at radius 1 is 1.15 bits per heavy atom. The third kappa shape index (κ3) is 4.20. The molecule has 3 rings (SSSR count). The van der Waals surface area contributed by atoms with Gasteiger partial charge < -0.3 is 9.64 Å². The van der Waals surface area contributed by atoms with E-state index >= 15 is 0 Å². The van der Waals surface area contributed by atoms with E-state index in [1.807, 2.05) is 29.2 Å². The molecule has 0 aliphatic carbocycles. The molecule has 0 amide bonds. The van der Waals surface area contributed by atoms with Gasteiger partial charge in [0.05, 0.1) is 12.0 Å². The van der Waals surface area contributed by atoms with Gasteiger partial charge in [0.15, 0.2) is 0 Å². The molecule has 2 aromatic rings. The smallest absolute Gasteiger partial charge is 0.327 e. The van der Waals surface area contributed by atoms with Gasteiger partial charge in [-0.15, -0.1) is 0 Å². The normalized spacial score (nSPS) is 16.0. The molecule has 1 aliphatic heterocycles. The predicted octanol–water partition coefficient (Wildman–Crippen LogP) is 3.28. The fraction of sp³-hybridized carbons (Fsp3) is 0.316. The van der Waals surface area contributed by atoms with Crippen molar-refractivity contribution in [2.45, 2.75) is 6.04 Å². The third-order valence-electron chi connectivity index (χ3n) is 4.71. The molecule has 0 radical (unpaired) electrons. The Kier molecular flexibility index (Phi) is 5.93. The fourth-order valence-corrected chi connectivity index (χ4v) is 3.56. The molecule has 2 aromatic carbocycles. The zero-order chi connectivity index (χ0) is 19.4. The van der Waals surface area contributed by atoms with E-state index < -0.39 is 11.0 Å². The fourth-order valence-electron chi connectivity index (χ4n) is 3.32. The van der Waals surface area contributed by atoms with Crippen LogP contribution in [0.3, 0.4) is 0 Å². The maximum Gasteiger partial charge on any atom is 0.327 e. The summed E-state index contributed by atoms with van der Waals surface area (Å²) in [7, 11) is 1.37. The molecule has 1 heterocycles. The Balaban J connectivity index is 1.76. The van der Waals surface area contributed by atoms with E-state index in [0.29, 0.717) is 31.2 Å². The van der Waals surface area contributed by atoms with Gasteiger partial charge in [-0.25, -0.2) is 4.79 Å². The van der Waals surface area contributed by atoms with Gasteiger partial charge in [-0.3, -0.25) is 15.0 Å². The van der Waals surface area contributed by atoms with Crippen LogP contribution in [0.1, 0.15) is 11.6 Å². The van der Waals surface area contributed by atoms with Crippen molar-refractivity contribution < 1.29 is 14.5 Å². The molecule has 1 atom stereocenters. The number of carbonyl (C=O) groups is 1. The number of benzene rings is 2. The zero-order valence-corrected chi connectivity index (χ0v) is 15.6. The minimum Gasteiger partial charge on any atom is -0.468 e. The molecule has 0 bridgehead atoms. The number of nitro groups is 1. The van der Waals surface area contributed by atoms with E-state index in [9.17, 15) is 14.9 Å². The van der Waals surface area contributed by atoms with Crippen LogP contribution >= 0.6 is 11.6 Å². The van der Waals surface area contributed by atoms with Gasteiger partial charge in [-0.2, -0.15) is 0 Å². The van der Waals surface area contributed by atoms with Gasteiger partial charge in [0, 0.05) is 49.0 Å². The zero-order valence-electron chi connectivity index (χ0n) is 14.9. The summed E-state index contributed by atoms with van der Waals surface area (Å²) in [5, 5.41) is 11.5.